The van der Waals surface area contributed by atoms with Crippen molar-refractivity contribution >= 4 is 23.1 Å². The Bertz CT molecular complexity index is 1310. The summed E-state index contributed by atoms with van der Waals surface area (Å²) >= 11 is 0. The van der Waals surface area contributed by atoms with E-state index < -0.39 is 23.5 Å². The molecule has 1 amide bonds. The Balaban J connectivity index is 1.66. The first-order valence-corrected chi connectivity index (χ1v) is 10.9. The highest BCUT2D eigenvalue weighted by molar-refractivity contribution is 6.46. The lowest BCUT2D eigenvalue weighted by molar-refractivity contribution is -0.140. The molecule has 2 aromatic carbocycles. The minimum atomic E-state index is -1.10. The summed E-state index contributed by atoms with van der Waals surface area (Å²) in [6.07, 6.45) is 1.58. The van der Waals surface area contributed by atoms with Gasteiger partial charge in [0.2, 0.25) is 0 Å². The van der Waals surface area contributed by atoms with Gasteiger partial charge < -0.3 is 19.6 Å². The molecule has 5 rings (SSSR count). The van der Waals surface area contributed by atoms with Gasteiger partial charge in [0.05, 0.1) is 36.1 Å². The van der Waals surface area contributed by atoms with Crippen molar-refractivity contribution in [2.75, 3.05) is 25.1 Å². The van der Waals surface area contributed by atoms with Gasteiger partial charge in [0.1, 0.15) is 23.9 Å². The maximum absolute atomic E-state index is 14.9. The number of likely N-dealkylation sites (N-methyl/N-ethyl adjacent to an activating group) is 1. The summed E-state index contributed by atoms with van der Waals surface area (Å²) in [7, 11) is 1.90. The first kappa shape index (κ1) is 21.6. The molecule has 1 N–H and O–H groups in total. The van der Waals surface area contributed by atoms with Crippen LogP contribution in [0.2, 0.25) is 0 Å². The standard InChI is InChI=1S/C26H22FN3O4/c1-29-12-13-34-21-10-9-16(14-20(21)29)24(31)22-23(18-7-2-3-8-19(18)27)30(26(33)25(22)32)15-17-6-4-5-11-28-17/h2-11,14,23,31H,12-13,15H2,1H3/b24-22+. The zero-order valence-corrected chi connectivity index (χ0v) is 18.4. The van der Waals surface area contributed by atoms with Crippen LogP contribution < -0.4 is 9.64 Å². The average Bonchev–Trinajstić information content (AvgIpc) is 3.09. The number of nitrogens with zero attached hydrogens (tertiary/aromatic N) is 3. The topological polar surface area (TPSA) is 83.0 Å². The van der Waals surface area contributed by atoms with Crippen LogP contribution in [0.3, 0.4) is 0 Å². The third-order valence-corrected chi connectivity index (χ3v) is 6.13. The fourth-order valence-electron chi connectivity index (χ4n) is 4.38. The monoisotopic (exact) mass is 459 g/mol. The number of likely N-dealkylation sites (tertiary alicyclic amines) is 1. The van der Waals surface area contributed by atoms with E-state index in [2.05, 4.69) is 4.98 Å². The Hall–Kier alpha value is -4.20. The normalized spacial score (nSPS) is 19.2. The van der Waals surface area contributed by atoms with Crippen molar-refractivity contribution in [2.24, 2.45) is 0 Å². The van der Waals surface area contributed by atoms with Gasteiger partial charge in [-0.2, -0.15) is 0 Å². The summed E-state index contributed by atoms with van der Waals surface area (Å²) in [6, 6.07) is 15.1. The Morgan fingerprint density at radius 2 is 1.94 bits per heavy atom. The van der Waals surface area contributed by atoms with E-state index in [0.29, 0.717) is 30.2 Å². The number of ketones is 1. The number of rotatable bonds is 4. The smallest absolute Gasteiger partial charge is 0.296 e. The molecule has 1 aromatic heterocycles. The fourth-order valence-corrected chi connectivity index (χ4v) is 4.38. The third-order valence-electron chi connectivity index (χ3n) is 6.13. The van der Waals surface area contributed by atoms with Crippen molar-refractivity contribution in [3.63, 3.8) is 0 Å². The van der Waals surface area contributed by atoms with Crippen molar-refractivity contribution in [1.29, 1.82) is 0 Å². The number of ether oxygens (including phenoxy) is 1. The van der Waals surface area contributed by atoms with E-state index in [1.54, 1.807) is 48.7 Å². The molecule has 1 unspecified atom stereocenters. The van der Waals surface area contributed by atoms with Gasteiger partial charge in [-0.25, -0.2) is 4.39 Å². The Labute approximate surface area is 195 Å². The van der Waals surface area contributed by atoms with Crippen molar-refractivity contribution in [3.8, 4) is 5.75 Å². The summed E-state index contributed by atoms with van der Waals surface area (Å²) in [5, 5.41) is 11.3. The number of Topliss-reactive ketones (excluding diaryl/α,β-unsaturated/α-hetero) is 1. The Morgan fingerprint density at radius 1 is 1.15 bits per heavy atom. The highest BCUT2D eigenvalue weighted by Gasteiger charge is 2.47. The summed E-state index contributed by atoms with van der Waals surface area (Å²) in [5.74, 6) is -1.98. The molecule has 0 spiro atoms. The van der Waals surface area contributed by atoms with Gasteiger partial charge in [-0.15, -0.1) is 0 Å². The fraction of sp³-hybridized carbons (Fsp3) is 0.192. The molecule has 0 radical (unpaired) electrons. The molecule has 0 aliphatic carbocycles. The Kier molecular flexibility index (Phi) is 5.49. The van der Waals surface area contributed by atoms with Crippen molar-refractivity contribution < 1.29 is 23.8 Å². The van der Waals surface area contributed by atoms with Crippen LogP contribution in [0.1, 0.15) is 22.9 Å². The molecule has 1 atom stereocenters. The summed E-state index contributed by atoms with van der Waals surface area (Å²) in [6.45, 7) is 1.20. The van der Waals surface area contributed by atoms with Crippen LogP contribution >= 0.6 is 0 Å². The van der Waals surface area contributed by atoms with E-state index in [1.165, 1.54) is 23.1 Å². The molecule has 2 aliphatic rings. The minimum absolute atomic E-state index is 0.0119. The van der Waals surface area contributed by atoms with E-state index in [-0.39, 0.29) is 23.4 Å². The third kappa shape index (κ3) is 3.67. The van der Waals surface area contributed by atoms with E-state index in [1.807, 2.05) is 11.9 Å². The van der Waals surface area contributed by atoms with E-state index in [9.17, 15) is 19.1 Å². The number of aliphatic hydroxyl groups is 1. The van der Waals surface area contributed by atoms with Gasteiger partial charge in [0.25, 0.3) is 11.7 Å². The number of benzene rings is 2. The molecule has 1 saturated heterocycles. The lowest BCUT2D eigenvalue weighted by atomic mass is 9.94. The molecule has 1 fully saturated rings. The molecule has 3 heterocycles. The van der Waals surface area contributed by atoms with Crippen molar-refractivity contribution in [2.45, 2.75) is 12.6 Å². The highest BCUT2D eigenvalue weighted by atomic mass is 19.1. The predicted molar refractivity (Wildman–Crippen MR) is 124 cm³/mol. The number of carbonyl (C=O) groups excluding carboxylic acids is 2. The number of aliphatic hydroxyl groups excluding tert-OH is 1. The quantitative estimate of drug-likeness (QED) is 0.364. The van der Waals surface area contributed by atoms with Gasteiger partial charge in [-0.3, -0.25) is 14.6 Å². The lowest BCUT2D eigenvalue weighted by Gasteiger charge is -2.28. The summed E-state index contributed by atoms with van der Waals surface area (Å²) in [5.41, 5.74) is 1.59. The zero-order chi connectivity index (χ0) is 23.8. The maximum Gasteiger partial charge on any atom is 0.296 e. The van der Waals surface area contributed by atoms with Gasteiger partial charge in [0.15, 0.2) is 0 Å². The van der Waals surface area contributed by atoms with E-state index in [4.69, 9.17) is 4.74 Å². The van der Waals surface area contributed by atoms with Crippen LogP contribution in [0, 0.1) is 5.82 Å². The number of amides is 1. The molecule has 7 nitrogen and oxygen atoms in total. The number of halogens is 1. The Morgan fingerprint density at radius 3 is 2.71 bits per heavy atom. The number of fused-ring (bicyclic) bond motifs is 1. The minimum Gasteiger partial charge on any atom is -0.507 e. The summed E-state index contributed by atoms with van der Waals surface area (Å²) < 4.78 is 20.6. The van der Waals surface area contributed by atoms with Crippen LogP contribution in [0.5, 0.6) is 5.75 Å². The van der Waals surface area contributed by atoms with Crippen LogP contribution in [-0.4, -0.2) is 46.9 Å². The number of hydrogen-bond donors (Lipinski definition) is 1. The largest absolute Gasteiger partial charge is 0.507 e. The molecular formula is C26H22FN3O4. The summed E-state index contributed by atoms with van der Waals surface area (Å²) in [4.78, 5) is 33.7. The van der Waals surface area contributed by atoms with Crippen molar-refractivity contribution in [1.82, 2.24) is 9.88 Å². The average molecular weight is 459 g/mol. The molecule has 0 bridgehead atoms. The van der Waals surface area contributed by atoms with Crippen molar-refractivity contribution in [3.05, 3.63) is 95.1 Å². The van der Waals surface area contributed by atoms with Gasteiger partial charge in [0, 0.05) is 24.4 Å². The molecular weight excluding hydrogens is 437 g/mol. The van der Waals surface area contributed by atoms with Gasteiger partial charge >= 0.3 is 0 Å². The molecule has 34 heavy (non-hydrogen) atoms. The number of aromatic nitrogens is 1. The van der Waals surface area contributed by atoms with Gasteiger partial charge in [-0.05, 0) is 36.4 Å². The lowest BCUT2D eigenvalue weighted by Crippen LogP contribution is -2.30. The molecule has 3 aromatic rings. The number of anilines is 1. The van der Waals surface area contributed by atoms with Gasteiger partial charge in [-0.1, -0.05) is 24.3 Å². The second-order valence-electron chi connectivity index (χ2n) is 8.22. The van der Waals surface area contributed by atoms with Crippen LogP contribution in [0.4, 0.5) is 10.1 Å². The first-order chi connectivity index (χ1) is 16.5. The predicted octanol–water partition coefficient (Wildman–Crippen LogP) is 3.67. The van der Waals surface area contributed by atoms with Crippen LogP contribution in [0.25, 0.3) is 5.76 Å². The van der Waals surface area contributed by atoms with Crippen LogP contribution in [-0.2, 0) is 16.1 Å². The highest BCUT2D eigenvalue weighted by Crippen LogP contribution is 2.42. The zero-order valence-electron chi connectivity index (χ0n) is 18.4. The first-order valence-electron chi connectivity index (χ1n) is 10.9. The van der Waals surface area contributed by atoms with E-state index in [0.717, 1.165) is 5.69 Å². The second-order valence-corrected chi connectivity index (χ2v) is 8.22. The van der Waals surface area contributed by atoms with E-state index >= 15 is 0 Å². The molecule has 8 heteroatoms. The SMILES string of the molecule is CN1CCOc2ccc(/C(O)=C3\C(=O)C(=O)N(Cc4ccccn4)C3c3ccccc3F)cc21. The second kappa shape index (κ2) is 8.62. The maximum atomic E-state index is 14.9. The van der Waals surface area contributed by atoms with Crippen LogP contribution in [0.15, 0.2) is 72.4 Å². The number of hydrogen-bond acceptors (Lipinski definition) is 6. The molecule has 172 valence electrons. The molecule has 0 saturated carbocycles. The number of pyridine rings is 1. The number of carbonyl (C=O) groups is 2. The molecule has 2 aliphatic heterocycles.